The molecule has 0 saturated heterocycles. The number of nitro groups is 1. The molecule has 0 spiro atoms. The predicted molar refractivity (Wildman–Crippen MR) is 113 cm³/mol. The lowest BCUT2D eigenvalue weighted by Gasteiger charge is -2.13. The molecule has 0 radical (unpaired) electrons. The van der Waals surface area contributed by atoms with E-state index in [2.05, 4.69) is 4.98 Å². The fourth-order valence-corrected chi connectivity index (χ4v) is 3.33. The van der Waals surface area contributed by atoms with Gasteiger partial charge in [-0.25, -0.2) is 4.79 Å². The third-order valence-electron chi connectivity index (χ3n) is 4.98. The van der Waals surface area contributed by atoms with Gasteiger partial charge < -0.3 is 4.74 Å². The monoisotopic (exact) mass is 445 g/mol. The van der Waals surface area contributed by atoms with Crippen LogP contribution in [0.1, 0.15) is 47.0 Å². The Balaban J connectivity index is 1.45. The van der Waals surface area contributed by atoms with Gasteiger partial charge in [0.05, 0.1) is 28.2 Å². The summed E-state index contributed by atoms with van der Waals surface area (Å²) < 4.78 is 5.01. The van der Waals surface area contributed by atoms with Crippen LogP contribution in [0.25, 0.3) is 0 Å². The molecule has 33 heavy (non-hydrogen) atoms. The molecule has 10 heteroatoms. The molecule has 10 nitrogen and oxygen atoms in total. The van der Waals surface area contributed by atoms with Crippen molar-refractivity contribution in [2.24, 2.45) is 0 Å². The number of nitrogens with zero attached hydrogens (tertiary/aromatic N) is 3. The highest BCUT2D eigenvalue weighted by molar-refractivity contribution is 6.21. The number of hydrogen-bond acceptors (Lipinski definition) is 8. The Hall–Kier alpha value is -4.73. The minimum absolute atomic E-state index is 0.00929. The Kier molecular flexibility index (Phi) is 5.73. The van der Waals surface area contributed by atoms with Crippen molar-refractivity contribution < 1.29 is 28.8 Å². The van der Waals surface area contributed by atoms with E-state index in [0.29, 0.717) is 5.56 Å². The van der Waals surface area contributed by atoms with E-state index in [1.807, 2.05) is 0 Å². The Morgan fingerprint density at radius 2 is 1.76 bits per heavy atom. The van der Waals surface area contributed by atoms with E-state index in [0.717, 1.165) is 11.0 Å². The Labute approximate surface area is 186 Å². The van der Waals surface area contributed by atoms with E-state index in [1.165, 1.54) is 36.4 Å². The molecule has 1 aromatic heterocycles. The Morgan fingerprint density at radius 3 is 2.48 bits per heavy atom. The van der Waals surface area contributed by atoms with Crippen LogP contribution in [0, 0.1) is 10.1 Å². The summed E-state index contributed by atoms with van der Waals surface area (Å²) in [6, 6.07) is 12.4. The number of nitro benzene ring substituents is 1. The molecule has 0 aliphatic carbocycles. The summed E-state index contributed by atoms with van der Waals surface area (Å²) in [6.45, 7) is -0.602. The molecule has 2 amide bonds. The first-order valence-electron chi connectivity index (χ1n) is 9.69. The fourth-order valence-electron chi connectivity index (χ4n) is 3.33. The summed E-state index contributed by atoms with van der Waals surface area (Å²) in [6.07, 6.45) is 3.12. The summed E-state index contributed by atoms with van der Waals surface area (Å²) in [7, 11) is 0. The summed E-state index contributed by atoms with van der Waals surface area (Å²) in [5, 5.41) is 10.8. The smallest absolute Gasteiger partial charge is 0.338 e. The summed E-state index contributed by atoms with van der Waals surface area (Å²) >= 11 is 0. The van der Waals surface area contributed by atoms with Crippen molar-refractivity contribution in [3.8, 4) is 0 Å². The fraction of sp³-hybridized carbons (Fsp3) is 0.0870. The number of esters is 1. The molecule has 0 atom stereocenters. The number of amides is 2. The number of pyridine rings is 1. The number of ether oxygens (including phenoxy) is 1. The molecule has 0 saturated carbocycles. The minimum Gasteiger partial charge on any atom is -0.454 e. The quantitative estimate of drug-likeness (QED) is 0.178. The van der Waals surface area contributed by atoms with Gasteiger partial charge in [-0.3, -0.25) is 34.4 Å². The van der Waals surface area contributed by atoms with Gasteiger partial charge in [0, 0.05) is 30.1 Å². The van der Waals surface area contributed by atoms with Crippen LogP contribution in [0.15, 0.2) is 67.0 Å². The van der Waals surface area contributed by atoms with E-state index in [1.54, 1.807) is 24.5 Å². The number of rotatable bonds is 7. The molecule has 4 rings (SSSR count). The van der Waals surface area contributed by atoms with E-state index >= 15 is 0 Å². The first-order valence-corrected chi connectivity index (χ1v) is 9.69. The molecule has 0 fully saturated rings. The van der Waals surface area contributed by atoms with Crippen LogP contribution in [-0.4, -0.2) is 45.0 Å². The van der Waals surface area contributed by atoms with Crippen molar-refractivity contribution in [2.45, 2.75) is 6.54 Å². The molecule has 0 N–H and O–H groups in total. The number of aromatic nitrogens is 1. The lowest BCUT2D eigenvalue weighted by atomic mass is 10.1. The van der Waals surface area contributed by atoms with Crippen LogP contribution in [0.5, 0.6) is 0 Å². The standard InChI is InChI=1S/C23H15N3O7/c27-20(15-4-1-5-17(9-15)26(31)32)13-33-23(30)16-6-7-18-19(10-16)22(29)25(21(18)28)12-14-3-2-8-24-11-14/h1-11H,12-13H2. The van der Waals surface area contributed by atoms with Crippen LogP contribution in [0.4, 0.5) is 5.69 Å². The zero-order chi connectivity index (χ0) is 23.5. The van der Waals surface area contributed by atoms with Crippen LogP contribution in [-0.2, 0) is 11.3 Å². The lowest BCUT2D eigenvalue weighted by Crippen LogP contribution is -2.29. The maximum Gasteiger partial charge on any atom is 0.338 e. The second-order valence-corrected chi connectivity index (χ2v) is 7.12. The van der Waals surface area contributed by atoms with E-state index in [4.69, 9.17) is 4.74 Å². The van der Waals surface area contributed by atoms with Crippen LogP contribution in [0.2, 0.25) is 0 Å². The van der Waals surface area contributed by atoms with Gasteiger partial charge in [-0.05, 0) is 29.8 Å². The summed E-state index contributed by atoms with van der Waals surface area (Å²) in [5.74, 6) is -2.54. The molecule has 0 bridgehead atoms. The van der Waals surface area contributed by atoms with Gasteiger partial charge in [-0.15, -0.1) is 0 Å². The van der Waals surface area contributed by atoms with Gasteiger partial charge in [-0.2, -0.15) is 0 Å². The van der Waals surface area contributed by atoms with Crippen molar-refractivity contribution >= 4 is 29.3 Å². The number of carbonyl (C=O) groups is 4. The predicted octanol–water partition coefficient (Wildman–Crippen LogP) is 2.83. The first kappa shape index (κ1) is 21.5. The van der Waals surface area contributed by atoms with Gasteiger partial charge >= 0.3 is 5.97 Å². The van der Waals surface area contributed by atoms with Gasteiger partial charge in [0.1, 0.15) is 0 Å². The normalized spacial score (nSPS) is 12.4. The molecular formula is C23H15N3O7. The van der Waals surface area contributed by atoms with Crippen LogP contribution in [0.3, 0.4) is 0 Å². The highest BCUT2D eigenvalue weighted by Crippen LogP contribution is 2.26. The van der Waals surface area contributed by atoms with Gasteiger partial charge in [0.15, 0.2) is 6.61 Å². The maximum absolute atomic E-state index is 12.7. The molecule has 1 aliphatic rings. The topological polar surface area (TPSA) is 137 Å². The third kappa shape index (κ3) is 4.35. The number of hydrogen-bond donors (Lipinski definition) is 0. The number of Topliss-reactive ketones (excluding diaryl/α,β-unsaturated/α-hetero) is 1. The molecule has 2 aromatic carbocycles. The number of benzene rings is 2. The zero-order valence-corrected chi connectivity index (χ0v) is 17.0. The molecule has 1 aliphatic heterocycles. The van der Waals surface area contributed by atoms with Crippen LogP contribution >= 0.6 is 0 Å². The number of non-ortho nitro benzene ring substituents is 1. The van der Waals surface area contributed by atoms with E-state index < -0.39 is 35.1 Å². The van der Waals surface area contributed by atoms with Crippen LogP contribution < -0.4 is 0 Å². The van der Waals surface area contributed by atoms with Crippen molar-refractivity contribution in [1.82, 2.24) is 9.88 Å². The Morgan fingerprint density at radius 1 is 0.970 bits per heavy atom. The molecule has 164 valence electrons. The second-order valence-electron chi connectivity index (χ2n) is 7.12. The maximum atomic E-state index is 12.7. The average Bonchev–Trinajstić information content (AvgIpc) is 3.07. The largest absolute Gasteiger partial charge is 0.454 e. The van der Waals surface area contributed by atoms with Gasteiger partial charge in [-0.1, -0.05) is 18.2 Å². The number of fused-ring (bicyclic) bond motifs is 1. The van der Waals surface area contributed by atoms with Gasteiger partial charge in [0.2, 0.25) is 5.78 Å². The number of carbonyl (C=O) groups excluding carboxylic acids is 4. The third-order valence-corrected chi connectivity index (χ3v) is 4.98. The molecular weight excluding hydrogens is 430 g/mol. The van der Waals surface area contributed by atoms with Crippen molar-refractivity contribution in [3.63, 3.8) is 0 Å². The highest BCUT2D eigenvalue weighted by atomic mass is 16.6. The summed E-state index contributed by atoms with van der Waals surface area (Å²) in [4.78, 5) is 65.3. The molecule has 2 heterocycles. The van der Waals surface area contributed by atoms with Crippen molar-refractivity contribution in [2.75, 3.05) is 6.61 Å². The van der Waals surface area contributed by atoms with E-state index in [-0.39, 0.29) is 34.5 Å². The Bertz CT molecular complexity index is 1300. The lowest BCUT2D eigenvalue weighted by molar-refractivity contribution is -0.384. The average molecular weight is 445 g/mol. The van der Waals surface area contributed by atoms with E-state index in [9.17, 15) is 29.3 Å². The molecule has 0 unspecified atom stereocenters. The summed E-state index contributed by atoms with van der Waals surface area (Å²) in [5.41, 5.74) is 0.648. The highest BCUT2D eigenvalue weighted by Gasteiger charge is 2.36. The number of ketones is 1. The van der Waals surface area contributed by atoms with Crippen molar-refractivity contribution in [3.05, 3.63) is 105 Å². The first-order chi connectivity index (χ1) is 15.8. The number of imide groups is 1. The zero-order valence-electron chi connectivity index (χ0n) is 17.0. The SMILES string of the molecule is O=C(COC(=O)c1ccc2c(c1)C(=O)N(Cc1cccnc1)C2=O)c1cccc([N+](=O)[O-])c1. The second kappa shape index (κ2) is 8.79. The van der Waals surface area contributed by atoms with Gasteiger partial charge in [0.25, 0.3) is 17.5 Å². The molecule has 3 aromatic rings. The minimum atomic E-state index is -0.873. The van der Waals surface area contributed by atoms with Crippen molar-refractivity contribution in [1.29, 1.82) is 0 Å².